The number of halogens is 3. The fourth-order valence-corrected chi connectivity index (χ4v) is 4.56. The fourth-order valence-electron chi connectivity index (χ4n) is 4.35. The summed E-state index contributed by atoms with van der Waals surface area (Å²) >= 11 is 6.12. The van der Waals surface area contributed by atoms with Crippen molar-refractivity contribution in [2.24, 2.45) is 0 Å². The molecule has 0 saturated carbocycles. The van der Waals surface area contributed by atoms with E-state index in [1.807, 2.05) is 22.8 Å². The smallest absolute Gasteiger partial charge is 0.306 e. The highest BCUT2D eigenvalue weighted by molar-refractivity contribution is 6.30. The molecular weight excluding hydrogens is 384 g/mol. The van der Waals surface area contributed by atoms with E-state index in [0.717, 1.165) is 42.1 Å². The zero-order valence-electron chi connectivity index (χ0n) is 15.5. The van der Waals surface area contributed by atoms with Crippen molar-refractivity contribution in [3.8, 4) is 0 Å². The number of hydrogen-bond donors (Lipinski definition) is 0. The molecule has 3 aromatic rings. The summed E-state index contributed by atoms with van der Waals surface area (Å²) in [5.41, 5.74) is 3.12. The van der Waals surface area contributed by atoms with Crippen LogP contribution in [0, 0.1) is 11.6 Å². The molecule has 3 nitrogen and oxygen atoms in total. The van der Waals surface area contributed by atoms with Crippen LogP contribution < -0.4 is 0 Å². The molecule has 1 aliphatic carbocycles. The topological polar surface area (TPSA) is 31.2 Å². The molecule has 1 atom stereocenters. The standard InChI is InChI=1S/C22H20ClF2NO2/c1-28-20(27)9-14-5-3-7-17-18-10-16(24)11-19(25)22(18)26(21(14)17)12-13-4-2-6-15(23)8-13/h2,4,6,8,10-11,14H,3,5,7,9,12H2,1H3. The van der Waals surface area contributed by atoms with Crippen molar-refractivity contribution in [2.45, 2.75) is 38.1 Å². The number of aromatic nitrogens is 1. The Kier molecular flexibility index (Phi) is 5.11. The number of fused-ring (bicyclic) bond motifs is 3. The summed E-state index contributed by atoms with van der Waals surface area (Å²) in [6.07, 6.45) is 2.62. The normalized spacial score (nSPS) is 16.2. The average molecular weight is 404 g/mol. The average Bonchev–Trinajstić information content (AvgIpc) is 2.96. The largest absolute Gasteiger partial charge is 0.469 e. The zero-order chi connectivity index (χ0) is 19.8. The Morgan fingerprint density at radius 3 is 2.86 bits per heavy atom. The molecular formula is C22H20ClF2NO2. The summed E-state index contributed by atoms with van der Waals surface area (Å²) in [5, 5.41) is 1.18. The zero-order valence-corrected chi connectivity index (χ0v) is 16.2. The van der Waals surface area contributed by atoms with Crippen LogP contribution in [0.3, 0.4) is 0 Å². The van der Waals surface area contributed by atoms with Crippen molar-refractivity contribution in [3.05, 3.63) is 69.9 Å². The minimum atomic E-state index is -0.595. The summed E-state index contributed by atoms with van der Waals surface area (Å²) in [5.74, 6) is -1.58. The number of rotatable bonds is 4. The van der Waals surface area contributed by atoms with Gasteiger partial charge in [0, 0.05) is 34.6 Å². The number of carbonyl (C=O) groups excluding carboxylic acids is 1. The highest BCUT2D eigenvalue weighted by Crippen LogP contribution is 2.41. The molecule has 6 heteroatoms. The van der Waals surface area contributed by atoms with Crippen LogP contribution >= 0.6 is 11.6 Å². The van der Waals surface area contributed by atoms with Crippen LogP contribution in [0.25, 0.3) is 10.9 Å². The first-order chi connectivity index (χ1) is 13.5. The Balaban J connectivity index is 1.93. The predicted octanol–water partition coefficient (Wildman–Crippen LogP) is 5.60. The minimum absolute atomic E-state index is 0.0924. The van der Waals surface area contributed by atoms with Gasteiger partial charge in [-0.3, -0.25) is 4.79 Å². The van der Waals surface area contributed by atoms with Gasteiger partial charge < -0.3 is 9.30 Å². The van der Waals surface area contributed by atoms with E-state index < -0.39 is 11.6 Å². The van der Waals surface area contributed by atoms with Gasteiger partial charge in [-0.2, -0.15) is 0 Å². The summed E-state index contributed by atoms with van der Waals surface area (Å²) in [6, 6.07) is 9.69. The maximum absolute atomic E-state index is 14.9. The second-order valence-corrected chi connectivity index (χ2v) is 7.67. The second-order valence-electron chi connectivity index (χ2n) is 7.23. The third-order valence-corrected chi connectivity index (χ3v) is 5.69. The fraction of sp³-hybridized carbons (Fsp3) is 0.318. The molecule has 1 aromatic heterocycles. The van der Waals surface area contributed by atoms with E-state index in [2.05, 4.69) is 0 Å². The monoisotopic (exact) mass is 403 g/mol. The lowest BCUT2D eigenvalue weighted by atomic mass is 9.84. The van der Waals surface area contributed by atoms with E-state index in [0.29, 0.717) is 22.5 Å². The maximum Gasteiger partial charge on any atom is 0.306 e. The molecule has 0 bridgehead atoms. The molecule has 1 unspecified atom stereocenters. The molecule has 2 aromatic carbocycles. The Labute approximate surface area is 166 Å². The highest BCUT2D eigenvalue weighted by Gasteiger charge is 2.31. The van der Waals surface area contributed by atoms with E-state index >= 15 is 0 Å². The van der Waals surface area contributed by atoms with Crippen molar-refractivity contribution >= 4 is 28.5 Å². The van der Waals surface area contributed by atoms with Crippen LogP contribution in [0.1, 0.15) is 42.0 Å². The molecule has 28 heavy (non-hydrogen) atoms. The van der Waals surface area contributed by atoms with E-state index in [9.17, 15) is 13.6 Å². The Morgan fingerprint density at radius 2 is 2.11 bits per heavy atom. The first kappa shape index (κ1) is 18.9. The highest BCUT2D eigenvalue weighted by atomic mass is 35.5. The molecule has 0 radical (unpaired) electrons. The van der Waals surface area contributed by atoms with Gasteiger partial charge in [0.1, 0.15) is 11.6 Å². The molecule has 1 aliphatic rings. The Hall–Kier alpha value is -2.40. The van der Waals surface area contributed by atoms with Gasteiger partial charge in [0.2, 0.25) is 0 Å². The number of methoxy groups -OCH3 is 1. The van der Waals surface area contributed by atoms with Crippen molar-refractivity contribution in [2.75, 3.05) is 7.11 Å². The third-order valence-electron chi connectivity index (χ3n) is 5.46. The number of aryl methyl sites for hydroxylation is 1. The van der Waals surface area contributed by atoms with Gasteiger partial charge in [-0.05, 0) is 48.6 Å². The molecule has 0 N–H and O–H groups in total. The van der Waals surface area contributed by atoms with Gasteiger partial charge in [0.15, 0.2) is 0 Å². The van der Waals surface area contributed by atoms with E-state index in [1.165, 1.54) is 13.2 Å². The molecule has 0 amide bonds. The number of nitrogens with zero attached hydrogens (tertiary/aromatic N) is 1. The third kappa shape index (κ3) is 3.39. The Morgan fingerprint density at radius 1 is 1.29 bits per heavy atom. The maximum atomic E-state index is 14.9. The van der Waals surface area contributed by atoms with Gasteiger partial charge in [-0.25, -0.2) is 8.78 Å². The van der Waals surface area contributed by atoms with Crippen LogP contribution in [-0.4, -0.2) is 17.6 Å². The molecule has 4 rings (SSSR count). The van der Waals surface area contributed by atoms with Crippen molar-refractivity contribution in [3.63, 3.8) is 0 Å². The summed E-state index contributed by atoms with van der Waals surface area (Å²) in [6.45, 7) is 0.395. The minimum Gasteiger partial charge on any atom is -0.469 e. The number of ether oxygens (including phenoxy) is 1. The van der Waals surface area contributed by atoms with Gasteiger partial charge in [0.05, 0.1) is 19.0 Å². The molecule has 0 fully saturated rings. The van der Waals surface area contributed by atoms with Gasteiger partial charge in [-0.15, -0.1) is 0 Å². The van der Waals surface area contributed by atoms with E-state index in [1.54, 1.807) is 6.07 Å². The quantitative estimate of drug-likeness (QED) is 0.530. The van der Waals surface area contributed by atoms with Gasteiger partial charge in [-0.1, -0.05) is 23.7 Å². The van der Waals surface area contributed by atoms with Crippen molar-refractivity contribution in [1.29, 1.82) is 0 Å². The molecule has 0 saturated heterocycles. The summed E-state index contributed by atoms with van der Waals surface area (Å²) in [7, 11) is 1.36. The van der Waals surface area contributed by atoms with Crippen LogP contribution in [0.4, 0.5) is 8.78 Å². The van der Waals surface area contributed by atoms with E-state index in [4.69, 9.17) is 16.3 Å². The second kappa shape index (κ2) is 7.55. The number of esters is 1. The SMILES string of the molecule is COC(=O)CC1CCCc2c1n(Cc1cccc(Cl)c1)c1c(F)cc(F)cc21. The van der Waals surface area contributed by atoms with Crippen molar-refractivity contribution < 1.29 is 18.3 Å². The molecule has 146 valence electrons. The summed E-state index contributed by atoms with van der Waals surface area (Å²) < 4.78 is 35.6. The molecule has 0 aliphatic heterocycles. The lowest BCUT2D eigenvalue weighted by molar-refractivity contribution is -0.141. The van der Waals surface area contributed by atoms with Crippen LogP contribution in [0.2, 0.25) is 5.02 Å². The van der Waals surface area contributed by atoms with Crippen LogP contribution in [0.5, 0.6) is 0 Å². The Bertz CT molecular complexity index is 1060. The number of benzene rings is 2. The van der Waals surface area contributed by atoms with Gasteiger partial charge >= 0.3 is 5.97 Å². The van der Waals surface area contributed by atoms with Crippen LogP contribution in [-0.2, 0) is 22.5 Å². The lowest BCUT2D eigenvalue weighted by Gasteiger charge is -2.25. The lowest BCUT2D eigenvalue weighted by Crippen LogP contribution is -2.18. The van der Waals surface area contributed by atoms with Gasteiger partial charge in [0.25, 0.3) is 0 Å². The molecule has 0 spiro atoms. The van der Waals surface area contributed by atoms with Crippen molar-refractivity contribution in [1.82, 2.24) is 4.57 Å². The van der Waals surface area contributed by atoms with Crippen LogP contribution in [0.15, 0.2) is 36.4 Å². The molecule has 1 heterocycles. The van der Waals surface area contributed by atoms with E-state index in [-0.39, 0.29) is 18.3 Å². The number of hydrogen-bond acceptors (Lipinski definition) is 2. The number of carbonyl (C=O) groups is 1. The first-order valence-corrected chi connectivity index (χ1v) is 9.67. The summed E-state index contributed by atoms with van der Waals surface area (Å²) in [4.78, 5) is 12.0. The first-order valence-electron chi connectivity index (χ1n) is 9.29. The predicted molar refractivity (Wildman–Crippen MR) is 105 cm³/mol.